The van der Waals surface area contributed by atoms with Crippen LogP contribution in [0.15, 0.2) is 48.7 Å². The van der Waals surface area contributed by atoms with E-state index in [0.717, 1.165) is 36.6 Å². The topological polar surface area (TPSA) is 45.7 Å². The Morgan fingerprint density at radius 3 is 2.68 bits per heavy atom. The summed E-state index contributed by atoms with van der Waals surface area (Å²) in [6, 6.07) is 14.1. The summed E-state index contributed by atoms with van der Waals surface area (Å²) in [6.45, 7) is 1.47. The molecule has 0 spiro atoms. The number of ether oxygens (including phenoxy) is 1. The van der Waals surface area contributed by atoms with E-state index in [1.165, 1.54) is 12.8 Å². The Kier molecular flexibility index (Phi) is 4.40. The summed E-state index contributed by atoms with van der Waals surface area (Å²) in [5, 5.41) is 0. The molecule has 1 saturated carbocycles. The van der Waals surface area contributed by atoms with Crippen LogP contribution in [0.25, 0.3) is 0 Å². The van der Waals surface area contributed by atoms with Crippen molar-refractivity contribution < 1.29 is 9.53 Å². The number of rotatable bonds is 6. The zero-order valence-corrected chi connectivity index (χ0v) is 14.5. The van der Waals surface area contributed by atoms with Crippen LogP contribution in [-0.4, -0.2) is 41.5 Å². The van der Waals surface area contributed by atoms with Gasteiger partial charge in [-0.2, -0.15) is 0 Å². The number of amides is 1. The summed E-state index contributed by atoms with van der Waals surface area (Å²) in [5.41, 5.74) is 1.89. The van der Waals surface area contributed by atoms with E-state index in [-0.39, 0.29) is 11.9 Å². The van der Waals surface area contributed by atoms with Gasteiger partial charge in [0.2, 0.25) is 5.91 Å². The minimum Gasteiger partial charge on any atom is -0.495 e. The van der Waals surface area contributed by atoms with Crippen LogP contribution in [-0.2, 0) is 11.3 Å². The molecule has 2 heterocycles. The van der Waals surface area contributed by atoms with Crippen LogP contribution in [0.2, 0.25) is 0 Å². The van der Waals surface area contributed by atoms with Crippen molar-refractivity contribution in [1.82, 2.24) is 9.88 Å². The van der Waals surface area contributed by atoms with Crippen molar-refractivity contribution in [2.45, 2.75) is 37.9 Å². The summed E-state index contributed by atoms with van der Waals surface area (Å²) in [7, 11) is 1.65. The monoisotopic (exact) mass is 337 g/mol. The zero-order valence-electron chi connectivity index (χ0n) is 14.5. The summed E-state index contributed by atoms with van der Waals surface area (Å²) in [4.78, 5) is 21.8. The lowest BCUT2D eigenvalue weighted by molar-refractivity contribution is -0.122. The van der Waals surface area contributed by atoms with Crippen molar-refractivity contribution in [3.63, 3.8) is 0 Å². The lowest BCUT2D eigenvalue weighted by Gasteiger charge is -2.28. The van der Waals surface area contributed by atoms with E-state index in [1.54, 1.807) is 7.11 Å². The number of hydrogen-bond acceptors (Lipinski definition) is 4. The van der Waals surface area contributed by atoms with Crippen molar-refractivity contribution in [2.75, 3.05) is 18.6 Å². The first-order valence-corrected chi connectivity index (χ1v) is 8.88. The molecule has 2 aliphatic rings. The maximum atomic E-state index is 13.1. The van der Waals surface area contributed by atoms with E-state index >= 15 is 0 Å². The van der Waals surface area contributed by atoms with Crippen LogP contribution in [0, 0.1) is 0 Å². The number of nitrogens with zero attached hydrogens (tertiary/aromatic N) is 3. The Hall–Kier alpha value is -2.40. The number of carbonyl (C=O) groups excluding carboxylic acids is 1. The molecule has 1 aliphatic carbocycles. The number of hydrogen-bond donors (Lipinski definition) is 0. The van der Waals surface area contributed by atoms with Gasteiger partial charge in [-0.1, -0.05) is 18.2 Å². The largest absolute Gasteiger partial charge is 0.495 e. The summed E-state index contributed by atoms with van der Waals surface area (Å²) >= 11 is 0. The van der Waals surface area contributed by atoms with Crippen LogP contribution < -0.4 is 9.64 Å². The Morgan fingerprint density at radius 1 is 1.16 bits per heavy atom. The van der Waals surface area contributed by atoms with Gasteiger partial charge in [0.15, 0.2) is 0 Å². The van der Waals surface area contributed by atoms with Crippen molar-refractivity contribution in [2.24, 2.45) is 0 Å². The predicted molar refractivity (Wildman–Crippen MR) is 96.6 cm³/mol. The summed E-state index contributed by atoms with van der Waals surface area (Å²) in [6.07, 6.45) is 5.01. The highest BCUT2D eigenvalue weighted by Gasteiger charge is 2.43. The fraction of sp³-hybridized carbons (Fsp3) is 0.400. The molecule has 2 aromatic rings. The summed E-state index contributed by atoms with van der Waals surface area (Å²) < 4.78 is 5.44. The molecular weight excluding hydrogens is 314 g/mol. The smallest absolute Gasteiger partial charge is 0.244 e. The first-order chi connectivity index (χ1) is 12.3. The molecule has 0 N–H and O–H groups in total. The minimum absolute atomic E-state index is 0.0700. The van der Waals surface area contributed by atoms with Gasteiger partial charge in [0.25, 0.3) is 0 Å². The number of pyridine rings is 1. The molecular formula is C20H23N3O2. The molecule has 5 heteroatoms. The number of anilines is 1. The van der Waals surface area contributed by atoms with E-state index < -0.39 is 0 Å². The lowest BCUT2D eigenvalue weighted by atomic mass is 10.2. The Bertz CT molecular complexity index is 746. The molecule has 1 unspecified atom stereocenters. The lowest BCUT2D eigenvalue weighted by Crippen LogP contribution is -2.43. The molecule has 1 aromatic heterocycles. The van der Waals surface area contributed by atoms with Crippen LogP contribution in [0.5, 0.6) is 5.75 Å². The third-order valence-electron chi connectivity index (χ3n) is 5.04. The van der Waals surface area contributed by atoms with E-state index in [1.807, 2.05) is 53.6 Å². The van der Waals surface area contributed by atoms with Crippen LogP contribution >= 0.6 is 0 Å². The SMILES string of the molecule is COc1ccccc1N1CCC(N(Cc2ccccn2)C2CC2)C1=O. The molecule has 2 fully saturated rings. The quantitative estimate of drug-likeness (QED) is 0.813. The fourth-order valence-corrected chi connectivity index (χ4v) is 3.64. The van der Waals surface area contributed by atoms with E-state index in [2.05, 4.69) is 9.88 Å². The van der Waals surface area contributed by atoms with Crippen molar-refractivity contribution in [1.29, 1.82) is 0 Å². The van der Waals surface area contributed by atoms with Gasteiger partial charge in [0, 0.05) is 25.3 Å². The standard InChI is InChI=1S/C20H23N3O2/c1-25-19-8-3-2-7-17(19)22-13-11-18(20(22)24)23(16-9-10-16)14-15-6-4-5-12-21-15/h2-8,12,16,18H,9-11,13-14H2,1H3. The Labute approximate surface area is 148 Å². The number of carbonyl (C=O) groups is 1. The molecule has 25 heavy (non-hydrogen) atoms. The highest BCUT2D eigenvalue weighted by atomic mass is 16.5. The van der Waals surface area contributed by atoms with E-state index in [4.69, 9.17) is 4.74 Å². The molecule has 4 rings (SSSR count). The van der Waals surface area contributed by atoms with Crippen molar-refractivity contribution in [3.8, 4) is 5.75 Å². The fourth-order valence-electron chi connectivity index (χ4n) is 3.64. The molecule has 1 aliphatic heterocycles. The maximum Gasteiger partial charge on any atom is 0.244 e. The number of methoxy groups -OCH3 is 1. The Balaban J connectivity index is 1.55. The van der Waals surface area contributed by atoms with E-state index in [9.17, 15) is 4.79 Å². The molecule has 0 radical (unpaired) electrons. The zero-order chi connectivity index (χ0) is 17.2. The third-order valence-corrected chi connectivity index (χ3v) is 5.04. The van der Waals surface area contributed by atoms with Gasteiger partial charge in [-0.05, 0) is 43.5 Å². The average molecular weight is 337 g/mol. The minimum atomic E-state index is -0.0700. The van der Waals surface area contributed by atoms with Gasteiger partial charge in [-0.15, -0.1) is 0 Å². The first kappa shape index (κ1) is 16.1. The van der Waals surface area contributed by atoms with E-state index in [0.29, 0.717) is 6.04 Å². The number of para-hydroxylation sites is 2. The van der Waals surface area contributed by atoms with Gasteiger partial charge < -0.3 is 9.64 Å². The van der Waals surface area contributed by atoms with Gasteiger partial charge in [0.1, 0.15) is 5.75 Å². The molecule has 0 bridgehead atoms. The molecule has 5 nitrogen and oxygen atoms in total. The first-order valence-electron chi connectivity index (χ1n) is 8.88. The van der Waals surface area contributed by atoms with Crippen molar-refractivity contribution >= 4 is 11.6 Å². The Morgan fingerprint density at radius 2 is 1.96 bits per heavy atom. The van der Waals surface area contributed by atoms with Crippen LogP contribution in [0.3, 0.4) is 0 Å². The highest BCUT2D eigenvalue weighted by molar-refractivity contribution is 6.00. The number of aromatic nitrogens is 1. The van der Waals surface area contributed by atoms with Gasteiger partial charge in [0.05, 0.1) is 24.5 Å². The molecule has 1 aromatic carbocycles. The van der Waals surface area contributed by atoms with Crippen LogP contribution in [0.4, 0.5) is 5.69 Å². The normalized spacial score (nSPS) is 20.3. The van der Waals surface area contributed by atoms with Crippen LogP contribution in [0.1, 0.15) is 25.0 Å². The predicted octanol–water partition coefficient (Wildman–Crippen LogP) is 2.86. The van der Waals surface area contributed by atoms with Gasteiger partial charge >= 0.3 is 0 Å². The van der Waals surface area contributed by atoms with Gasteiger partial charge in [-0.3, -0.25) is 14.7 Å². The van der Waals surface area contributed by atoms with Gasteiger partial charge in [-0.25, -0.2) is 0 Å². The second kappa shape index (κ2) is 6.84. The third kappa shape index (κ3) is 3.24. The van der Waals surface area contributed by atoms with Crippen molar-refractivity contribution in [3.05, 3.63) is 54.4 Å². The molecule has 1 amide bonds. The molecule has 1 atom stereocenters. The second-order valence-corrected chi connectivity index (χ2v) is 6.69. The molecule has 1 saturated heterocycles. The highest BCUT2D eigenvalue weighted by Crippen LogP contribution is 2.36. The number of benzene rings is 1. The summed E-state index contributed by atoms with van der Waals surface area (Å²) in [5.74, 6) is 0.923. The molecule has 130 valence electrons. The average Bonchev–Trinajstić information content (AvgIpc) is 3.43. The maximum absolute atomic E-state index is 13.1. The second-order valence-electron chi connectivity index (χ2n) is 6.69.